The van der Waals surface area contributed by atoms with E-state index in [1.165, 1.54) is 212 Å². The molecule has 0 aromatic rings. The molecule has 2 unspecified atom stereocenters. The number of carbonyl (C=O) groups excluding carboxylic acids is 2. The topological polar surface area (TPSA) is 111 Å². The van der Waals surface area contributed by atoms with Crippen LogP contribution in [0.3, 0.4) is 0 Å². The average molecular weight is 1250 g/mol. The second-order valence-corrected chi connectivity index (χ2v) is 27.3. The molecule has 0 aliphatic carbocycles. The minimum absolute atomic E-state index is 0.0313. The first kappa shape index (κ1) is 84.9. The zero-order chi connectivity index (χ0) is 64.1. The van der Waals surface area contributed by atoms with Crippen molar-refractivity contribution in [2.45, 2.75) is 341 Å². The molecule has 0 amide bonds. The van der Waals surface area contributed by atoms with Crippen molar-refractivity contribution < 1.29 is 42.1 Å². The number of quaternary nitrogens is 1. The summed E-state index contributed by atoms with van der Waals surface area (Å²) in [6.07, 6.45) is 95.1. The Hall–Kier alpha value is -3.07. The number of rotatable bonds is 68. The van der Waals surface area contributed by atoms with Gasteiger partial charge >= 0.3 is 11.9 Å². The monoisotopic (exact) mass is 1250 g/mol. The van der Waals surface area contributed by atoms with E-state index in [1.807, 2.05) is 21.1 Å². The van der Waals surface area contributed by atoms with Crippen molar-refractivity contribution in [2.75, 3.05) is 47.5 Å². The average Bonchev–Trinajstić information content (AvgIpc) is 3.57. The SMILES string of the molecule is CC/C=C\C/C=C\C/C=C\C/C=C\CCCCCCCCCCCCCCCCCCCCCCCCC(=O)OC(COC(=O)CCCCCCCCCCCCCCCCCC/C=C\C/C=C\C/C=C\C/C=C\CC)COP(=O)([O-])OCC[N+](C)(C)C. The largest absolute Gasteiger partial charge is 0.756 e. The van der Waals surface area contributed by atoms with Gasteiger partial charge in [-0.15, -0.1) is 0 Å². The van der Waals surface area contributed by atoms with Crippen molar-refractivity contribution in [3.05, 3.63) is 97.2 Å². The van der Waals surface area contributed by atoms with E-state index in [4.69, 9.17) is 18.5 Å². The molecule has 88 heavy (non-hydrogen) atoms. The molecule has 510 valence electrons. The standard InChI is InChI=1S/C78H140NO8P/c1-6-8-10-12-14-16-18-20-22-24-26-28-30-32-34-36-37-38-39-40-41-43-45-47-49-51-53-55-57-59-61-63-65-67-69-71-78(81)87-76(75-86-88(82,83)85-73-72-79(3,4)5)74-84-77(80)70-68-66-64-62-60-58-56-54-52-50-48-46-44-42-35-33-31-29-27-25-23-21-19-17-15-13-11-9-7-2/h8-11,14-17,20-23,26-29,76H,6-7,12-13,18-19,24-25,30-75H2,1-5H3/b10-8-,11-9-,16-14-,17-15-,22-20-,23-21-,28-26-,29-27-. The molecule has 0 N–H and O–H groups in total. The third kappa shape index (κ3) is 72.0. The van der Waals surface area contributed by atoms with Gasteiger partial charge in [-0.1, -0.05) is 329 Å². The predicted molar refractivity (Wildman–Crippen MR) is 379 cm³/mol. The molecule has 0 bridgehead atoms. The van der Waals surface area contributed by atoms with Gasteiger partial charge < -0.3 is 27.9 Å². The Morgan fingerprint density at radius 3 is 0.909 bits per heavy atom. The first-order valence-corrected chi connectivity index (χ1v) is 38.4. The number of hydrogen-bond acceptors (Lipinski definition) is 8. The summed E-state index contributed by atoms with van der Waals surface area (Å²) in [6.45, 7) is 4.06. The number of ether oxygens (including phenoxy) is 2. The molecule has 0 heterocycles. The van der Waals surface area contributed by atoms with E-state index in [0.717, 1.165) is 89.9 Å². The number of carbonyl (C=O) groups is 2. The highest BCUT2D eigenvalue weighted by Crippen LogP contribution is 2.38. The summed E-state index contributed by atoms with van der Waals surface area (Å²) in [6, 6.07) is 0. The van der Waals surface area contributed by atoms with Crippen LogP contribution in [0, 0.1) is 0 Å². The Kier molecular flexibility index (Phi) is 65.9. The minimum atomic E-state index is -4.65. The number of phosphoric acid groups is 1. The zero-order valence-electron chi connectivity index (χ0n) is 58.2. The van der Waals surface area contributed by atoms with Crippen LogP contribution in [-0.4, -0.2) is 70.0 Å². The Morgan fingerprint density at radius 2 is 0.614 bits per heavy atom. The molecule has 0 aromatic heterocycles. The summed E-state index contributed by atoms with van der Waals surface area (Å²) >= 11 is 0. The number of unbranched alkanes of at least 4 members (excludes halogenated alkanes) is 38. The van der Waals surface area contributed by atoms with Gasteiger partial charge in [0.05, 0.1) is 27.7 Å². The van der Waals surface area contributed by atoms with Crippen LogP contribution in [0.25, 0.3) is 0 Å². The zero-order valence-corrected chi connectivity index (χ0v) is 59.1. The fourth-order valence-electron chi connectivity index (χ4n) is 10.5. The van der Waals surface area contributed by atoms with Gasteiger partial charge in [0.25, 0.3) is 7.82 Å². The van der Waals surface area contributed by atoms with Crippen molar-refractivity contribution in [3.63, 3.8) is 0 Å². The fourth-order valence-corrected chi connectivity index (χ4v) is 11.3. The summed E-state index contributed by atoms with van der Waals surface area (Å²) in [4.78, 5) is 38.1. The van der Waals surface area contributed by atoms with Gasteiger partial charge in [-0.25, -0.2) is 0 Å². The van der Waals surface area contributed by atoms with Crippen LogP contribution in [-0.2, 0) is 32.7 Å². The van der Waals surface area contributed by atoms with Gasteiger partial charge in [0.1, 0.15) is 19.8 Å². The second-order valence-electron chi connectivity index (χ2n) is 25.9. The van der Waals surface area contributed by atoms with Gasteiger partial charge in [-0.3, -0.25) is 14.2 Å². The van der Waals surface area contributed by atoms with E-state index >= 15 is 0 Å². The summed E-state index contributed by atoms with van der Waals surface area (Å²) in [5.41, 5.74) is 0. The van der Waals surface area contributed by atoms with Gasteiger partial charge in [-0.05, 0) is 89.9 Å². The minimum Gasteiger partial charge on any atom is -0.756 e. The van der Waals surface area contributed by atoms with Crippen LogP contribution in [0.2, 0.25) is 0 Å². The van der Waals surface area contributed by atoms with Gasteiger partial charge in [0.2, 0.25) is 0 Å². The number of likely N-dealkylation sites (N-methyl/N-ethyl adjacent to an activating group) is 1. The molecule has 9 nitrogen and oxygen atoms in total. The maximum atomic E-state index is 12.9. The van der Waals surface area contributed by atoms with Crippen molar-refractivity contribution in [3.8, 4) is 0 Å². The molecular formula is C78H140NO8P. The predicted octanol–water partition coefficient (Wildman–Crippen LogP) is 23.6. The highest BCUT2D eigenvalue weighted by Gasteiger charge is 2.22. The van der Waals surface area contributed by atoms with Crippen LogP contribution in [0.15, 0.2) is 97.2 Å². The molecular weight excluding hydrogens is 1110 g/mol. The number of nitrogens with zero attached hydrogens (tertiary/aromatic N) is 1. The fraction of sp³-hybridized carbons (Fsp3) is 0.769. The van der Waals surface area contributed by atoms with Gasteiger partial charge in [0, 0.05) is 12.8 Å². The van der Waals surface area contributed by atoms with E-state index in [9.17, 15) is 19.0 Å². The Morgan fingerprint density at radius 1 is 0.352 bits per heavy atom. The van der Waals surface area contributed by atoms with Crippen molar-refractivity contribution >= 4 is 19.8 Å². The lowest BCUT2D eigenvalue weighted by molar-refractivity contribution is -0.870. The van der Waals surface area contributed by atoms with E-state index in [0.29, 0.717) is 17.4 Å². The Labute approximate surface area is 544 Å². The van der Waals surface area contributed by atoms with E-state index in [1.54, 1.807) is 0 Å². The van der Waals surface area contributed by atoms with Crippen LogP contribution < -0.4 is 4.89 Å². The normalized spacial score (nSPS) is 13.7. The number of hydrogen-bond donors (Lipinski definition) is 0. The van der Waals surface area contributed by atoms with Crippen LogP contribution in [0.1, 0.15) is 335 Å². The lowest BCUT2D eigenvalue weighted by Crippen LogP contribution is -2.37. The van der Waals surface area contributed by atoms with Crippen LogP contribution in [0.4, 0.5) is 0 Å². The molecule has 0 fully saturated rings. The molecule has 0 saturated heterocycles. The first-order valence-electron chi connectivity index (χ1n) is 36.9. The third-order valence-corrected chi connectivity index (χ3v) is 17.1. The molecule has 0 rings (SSSR count). The maximum Gasteiger partial charge on any atom is 0.306 e. The molecule has 0 aromatic carbocycles. The van der Waals surface area contributed by atoms with Crippen LogP contribution >= 0.6 is 7.82 Å². The number of phosphoric ester groups is 1. The molecule has 2 atom stereocenters. The summed E-state index contributed by atoms with van der Waals surface area (Å²) in [5.74, 6) is -0.819. The Bertz CT molecular complexity index is 1810. The smallest absolute Gasteiger partial charge is 0.306 e. The molecule has 0 aliphatic rings. The van der Waals surface area contributed by atoms with Crippen molar-refractivity contribution in [2.24, 2.45) is 0 Å². The summed E-state index contributed by atoms with van der Waals surface area (Å²) < 4.78 is 34.4. The van der Waals surface area contributed by atoms with E-state index in [2.05, 4.69) is 111 Å². The van der Waals surface area contributed by atoms with Gasteiger partial charge in [-0.2, -0.15) is 0 Å². The molecule has 10 heteroatoms. The van der Waals surface area contributed by atoms with Crippen molar-refractivity contribution in [1.29, 1.82) is 0 Å². The first-order chi connectivity index (χ1) is 43.0. The molecule has 0 aliphatic heterocycles. The lowest BCUT2D eigenvalue weighted by atomic mass is 10.0. The Balaban J connectivity index is 3.97. The highest BCUT2D eigenvalue weighted by molar-refractivity contribution is 7.45. The second kappa shape index (κ2) is 68.3. The summed E-state index contributed by atoms with van der Waals surface area (Å²) in [5, 5.41) is 0. The molecule has 0 radical (unpaired) electrons. The van der Waals surface area contributed by atoms with E-state index < -0.39 is 26.5 Å². The van der Waals surface area contributed by atoms with Crippen molar-refractivity contribution in [1.82, 2.24) is 0 Å². The summed E-state index contributed by atoms with van der Waals surface area (Å²) in [7, 11) is 1.18. The molecule has 0 saturated carbocycles. The maximum absolute atomic E-state index is 12.9. The number of allylic oxidation sites excluding steroid dienone is 16. The quantitative estimate of drug-likeness (QED) is 0.0195. The molecule has 0 spiro atoms. The van der Waals surface area contributed by atoms with Crippen LogP contribution in [0.5, 0.6) is 0 Å². The van der Waals surface area contributed by atoms with Gasteiger partial charge in [0.15, 0.2) is 6.10 Å². The van der Waals surface area contributed by atoms with E-state index in [-0.39, 0.29) is 32.0 Å². The third-order valence-electron chi connectivity index (χ3n) is 16.1. The number of esters is 2. The highest BCUT2D eigenvalue weighted by atomic mass is 31.2. The lowest BCUT2D eigenvalue weighted by Gasteiger charge is -2.28.